The molecule has 1 fully saturated rings. The number of nitrogens with zero attached hydrogens (tertiary/aromatic N) is 1. The van der Waals surface area contributed by atoms with Gasteiger partial charge in [0, 0.05) is 29.7 Å². The van der Waals surface area contributed by atoms with Crippen molar-refractivity contribution in [3.05, 3.63) is 38.3 Å². The summed E-state index contributed by atoms with van der Waals surface area (Å²) in [5.41, 5.74) is 1.61. The van der Waals surface area contributed by atoms with E-state index in [4.69, 9.17) is 0 Å². The number of halogens is 1. The molecule has 0 spiro atoms. The average Bonchev–Trinajstić information content (AvgIpc) is 2.78. The van der Waals surface area contributed by atoms with Crippen molar-refractivity contribution >= 4 is 21.6 Å². The maximum absolute atomic E-state index is 10.7. The van der Waals surface area contributed by atoms with Crippen molar-refractivity contribution in [2.24, 2.45) is 5.41 Å². The third-order valence-electron chi connectivity index (χ3n) is 3.93. The Hall–Kier alpha value is -0.940. The van der Waals surface area contributed by atoms with Gasteiger partial charge >= 0.3 is 0 Å². The maximum Gasteiger partial charge on any atom is 0.270 e. The first kappa shape index (κ1) is 14.5. The van der Waals surface area contributed by atoms with Crippen molar-refractivity contribution in [2.45, 2.75) is 39.2 Å². The normalized spacial score (nSPS) is 17.6. The minimum absolute atomic E-state index is 0.123. The number of hydrogen-bond donors (Lipinski definition) is 1. The summed E-state index contributed by atoms with van der Waals surface area (Å²) in [6.45, 7) is 4.09. The van der Waals surface area contributed by atoms with E-state index in [1.807, 2.05) is 6.07 Å². The van der Waals surface area contributed by atoms with Crippen LogP contribution in [0.1, 0.15) is 38.2 Å². The van der Waals surface area contributed by atoms with Gasteiger partial charge in [0.25, 0.3) is 5.69 Å². The lowest BCUT2D eigenvalue weighted by Gasteiger charge is -2.24. The van der Waals surface area contributed by atoms with Crippen LogP contribution in [0, 0.1) is 15.5 Å². The van der Waals surface area contributed by atoms with Crippen LogP contribution >= 0.6 is 15.9 Å². The lowest BCUT2D eigenvalue weighted by molar-refractivity contribution is -0.384. The molecule has 0 bridgehead atoms. The number of nitrogens with one attached hydrogen (secondary N) is 1. The Labute approximate surface area is 121 Å². The van der Waals surface area contributed by atoms with E-state index in [-0.39, 0.29) is 10.6 Å². The maximum atomic E-state index is 10.7. The van der Waals surface area contributed by atoms with Gasteiger partial charge in [-0.25, -0.2) is 0 Å². The lowest BCUT2D eigenvalue weighted by atomic mass is 9.89. The van der Waals surface area contributed by atoms with Crippen LogP contribution in [-0.4, -0.2) is 11.5 Å². The van der Waals surface area contributed by atoms with E-state index in [2.05, 4.69) is 28.2 Å². The standard InChI is InChI=1S/C14H19BrN2O2/c1-14(6-2-3-7-14)10-16-9-11-4-5-12(17(18)19)8-13(11)15/h4-5,8,16H,2-3,6-7,9-10H2,1H3. The largest absolute Gasteiger partial charge is 0.312 e. The van der Waals surface area contributed by atoms with Crippen molar-refractivity contribution in [1.29, 1.82) is 0 Å². The first-order chi connectivity index (χ1) is 9.00. The number of hydrogen-bond acceptors (Lipinski definition) is 3. The third kappa shape index (κ3) is 3.76. The van der Waals surface area contributed by atoms with Crippen LogP contribution in [-0.2, 0) is 6.54 Å². The summed E-state index contributed by atoms with van der Waals surface area (Å²) >= 11 is 3.40. The van der Waals surface area contributed by atoms with Crippen molar-refractivity contribution in [1.82, 2.24) is 5.32 Å². The number of rotatable bonds is 5. The first-order valence-corrected chi connectivity index (χ1v) is 7.43. The minimum atomic E-state index is -0.373. The van der Waals surface area contributed by atoms with E-state index < -0.39 is 0 Å². The predicted molar refractivity (Wildman–Crippen MR) is 79.1 cm³/mol. The molecule has 104 valence electrons. The second-order valence-corrected chi connectivity index (χ2v) is 6.51. The summed E-state index contributed by atoms with van der Waals surface area (Å²) < 4.78 is 0.797. The molecular weight excluding hydrogens is 308 g/mol. The van der Waals surface area contributed by atoms with Crippen molar-refractivity contribution in [3.8, 4) is 0 Å². The van der Waals surface area contributed by atoms with E-state index in [0.29, 0.717) is 5.41 Å². The van der Waals surface area contributed by atoms with Crippen LogP contribution in [0.3, 0.4) is 0 Å². The SMILES string of the molecule is CC1(CNCc2ccc([N+](=O)[O-])cc2Br)CCCC1. The molecule has 0 amide bonds. The average molecular weight is 327 g/mol. The van der Waals surface area contributed by atoms with E-state index in [1.165, 1.54) is 25.7 Å². The molecule has 0 aromatic heterocycles. The van der Waals surface area contributed by atoms with Crippen LogP contribution < -0.4 is 5.32 Å². The topological polar surface area (TPSA) is 55.2 Å². The second kappa shape index (κ2) is 6.01. The van der Waals surface area contributed by atoms with Crippen molar-refractivity contribution < 1.29 is 4.92 Å². The minimum Gasteiger partial charge on any atom is -0.312 e. The van der Waals surface area contributed by atoms with Gasteiger partial charge in [0.05, 0.1) is 4.92 Å². The summed E-state index contributed by atoms with van der Waals surface area (Å²) in [6.07, 6.45) is 5.25. The van der Waals surface area contributed by atoms with E-state index >= 15 is 0 Å². The number of nitro groups is 1. The van der Waals surface area contributed by atoms with Gasteiger partial charge in [-0.05, 0) is 29.9 Å². The molecule has 1 saturated carbocycles. The molecule has 0 radical (unpaired) electrons. The molecule has 1 aromatic carbocycles. The van der Waals surface area contributed by atoms with Gasteiger partial charge in [-0.3, -0.25) is 10.1 Å². The van der Waals surface area contributed by atoms with E-state index in [0.717, 1.165) is 23.1 Å². The van der Waals surface area contributed by atoms with Crippen LogP contribution in [0.15, 0.2) is 22.7 Å². The number of nitro benzene ring substituents is 1. The second-order valence-electron chi connectivity index (χ2n) is 5.65. The molecule has 1 aromatic rings. The fraction of sp³-hybridized carbons (Fsp3) is 0.571. The van der Waals surface area contributed by atoms with Gasteiger partial charge in [-0.15, -0.1) is 0 Å². The zero-order chi connectivity index (χ0) is 13.9. The van der Waals surface area contributed by atoms with Gasteiger partial charge in [0.1, 0.15) is 0 Å². The molecule has 1 aliphatic carbocycles. The molecule has 1 N–H and O–H groups in total. The molecule has 0 unspecified atom stereocenters. The Morgan fingerprint density at radius 1 is 1.42 bits per heavy atom. The third-order valence-corrected chi connectivity index (χ3v) is 4.66. The Bertz CT molecular complexity index is 471. The zero-order valence-corrected chi connectivity index (χ0v) is 12.7. The summed E-state index contributed by atoms with van der Waals surface area (Å²) in [4.78, 5) is 10.3. The smallest absolute Gasteiger partial charge is 0.270 e. The number of non-ortho nitro benzene ring substituents is 1. The Kier molecular flexibility index (Phi) is 4.58. The monoisotopic (exact) mass is 326 g/mol. The fourth-order valence-electron chi connectivity index (χ4n) is 2.70. The molecule has 2 rings (SSSR count). The van der Waals surface area contributed by atoms with Crippen LogP contribution in [0.25, 0.3) is 0 Å². The summed E-state index contributed by atoms with van der Waals surface area (Å²) in [5.74, 6) is 0. The first-order valence-electron chi connectivity index (χ1n) is 6.64. The molecule has 19 heavy (non-hydrogen) atoms. The van der Waals surface area contributed by atoms with Gasteiger partial charge < -0.3 is 5.32 Å². The van der Waals surface area contributed by atoms with Crippen molar-refractivity contribution in [2.75, 3.05) is 6.54 Å². The Morgan fingerprint density at radius 3 is 2.68 bits per heavy atom. The highest BCUT2D eigenvalue weighted by molar-refractivity contribution is 9.10. The molecule has 0 aliphatic heterocycles. The fourth-order valence-corrected chi connectivity index (χ4v) is 3.20. The highest BCUT2D eigenvalue weighted by Gasteiger charge is 2.27. The molecule has 0 atom stereocenters. The van der Waals surface area contributed by atoms with Gasteiger partial charge in [0.2, 0.25) is 0 Å². The van der Waals surface area contributed by atoms with Gasteiger partial charge in [-0.2, -0.15) is 0 Å². The molecule has 4 nitrogen and oxygen atoms in total. The van der Waals surface area contributed by atoms with Crippen LogP contribution in [0.4, 0.5) is 5.69 Å². The quantitative estimate of drug-likeness (QED) is 0.656. The molecule has 0 heterocycles. The summed E-state index contributed by atoms with van der Waals surface area (Å²) in [7, 11) is 0. The Morgan fingerprint density at radius 2 is 2.11 bits per heavy atom. The Balaban J connectivity index is 1.91. The highest BCUT2D eigenvalue weighted by atomic mass is 79.9. The van der Waals surface area contributed by atoms with Crippen molar-refractivity contribution in [3.63, 3.8) is 0 Å². The van der Waals surface area contributed by atoms with E-state index in [9.17, 15) is 10.1 Å². The zero-order valence-electron chi connectivity index (χ0n) is 11.1. The molecule has 1 aliphatic rings. The number of benzene rings is 1. The van der Waals surface area contributed by atoms with Gasteiger partial charge in [-0.1, -0.05) is 35.7 Å². The molecular formula is C14H19BrN2O2. The lowest BCUT2D eigenvalue weighted by Crippen LogP contribution is -2.29. The highest BCUT2D eigenvalue weighted by Crippen LogP contribution is 2.36. The van der Waals surface area contributed by atoms with E-state index in [1.54, 1.807) is 12.1 Å². The predicted octanol–water partition coefficient (Wildman–Crippen LogP) is 4.03. The summed E-state index contributed by atoms with van der Waals surface area (Å²) in [6, 6.07) is 4.93. The van der Waals surface area contributed by atoms with Crippen LogP contribution in [0.2, 0.25) is 0 Å². The molecule has 5 heteroatoms. The molecule has 0 saturated heterocycles. The summed E-state index contributed by atoms with van der Waals surface area (Å²) in [5, 5.41) is 14.1. The van der Waals surface area contributed by atoms with Crippen LogP contribution in [0.5, 0.6) is 0 Å². The van der Waals surface area contributed by atoms with Gasteiger partial charge in [0.15, 0.2) is 0 Å².